The minimum absolute atomic E-state index is 0.0178. The molecule has 5 nitrogen and oxygen atoms in total. The van der Waals surface area contributed by atoms with Gasteiger partial charge in [0.05, 0.1) is 11.3 Å². The zero-order chi connectivity index (χ0) is 14.8. The van der Waals surface area contributed by atoms with Gasteiger partial charge in [-0.2, -0.15) is 5.26 Å². The van der Waals surface area contributed by atoms with Gasteiger partial charge in [-0.15, -0.1) is 0 Å². The van der Waals surface area contributed by atoms with E-state index in [-0.39, 0.29) is 16.1 Å². The Morgan fingerprint density at radius 3 is 2.70 bits per heavy atom. The Labute approximate surface area is 129 Å². The molecule has 0 aliphatic carbocycles. The molecule has 0 saturated carbocycles. The van der Waals surface area contributed by atoms with E-state index in [1.165, 1.54) is 36.7 Å². The van der Waals surface area contributed by atoms with Gasteiger partial charge in [0.2, 0.25) is 0 Å². The number of anilines is 1. The number of sulfonamides is 1. The molecule has 1 aromatic heterocycles. The Balaban J connectivity index is 2.44. The lowest BCUT2D eigenvalue weighted by atomic mass is 10.2. The highest BCUT2D eigenvalue weighted by molar-refractivity contribution is 9.10. The van der Waals surface area contributed by atoms with Gasteiger partial charge in [0, 0.05) is 21.9 Å². The summed E-state index contributed by atoms with van der Waals surface area (Å²) in [4.78, 5) is 3.78. The summed E-state index contributed by atoms with van der Waals surface area (Å²) in [5.41, 5.74) is 0.306. The second kappa shape index (κ2) is 5.79. The first-order valence-electron chi connectivity index (χ1n) is 5.25. The zero-order valence-electron chi connectivity index (χ0n) is 9.84. The maximum Gasteiger partial charge on any atom is 0.263 e. The molecule has 1 N–H and O–H groups in total. The van der Waals surface area contributed by atoms with Crippen molar-refractivity contribution in [3.05, 3.63) is 51.7 Å². The van der Waals surface area contributed by atoms with E-state index in [0.29, 0.717) is 9.50 Å². The van der Waals surface area contributed by atoms with Crippen molar-refractivity contribution >= 4 is 43.2 Å². The van der Waals surface area contributed by atoms with E-state index in [0.717, 1.165) is 0 Å². The Morgan fingerprint density at radius 2 is 2.05 bits per heavy atom. The summed E-state index contributed by atoms with van der Waals surface area (Å²) in [6, 6.07) is 7.64. The highest BCUT2D eigenvalue weighted by Crippen LogP contribution is 2.24. The van der Waals surface area contributed by atoms with Gasteiger partial charge in [0.15, 0.2) is 0 Å². The van der Waals surface area contributed by atoms with E-state index in [1.54, 1.807) is 0 Å². The standard InChI is InChI=1S/C12H7BrClN3O2S/c13-9-3-11(7-16-6-9)20(18,19)17-12-4-10(14)2-1-8(12)5-15/h1-4,6-7,17H. The molecule has 0 atom stereocenters. The SMILES string of the molecule is N#Cc1ccc(Cl)cc1NS(=O)(=O)c1cncc(Br)c1. The van der Waals surface area contributed by atoms with Gasteiger partial charge in [-0.25, -0.2) is 8.42 Å². The van der Waals surface area contributed by atoms with Crippen LogP contribution < -0.4 is 4.72 Å². The van der Waals surface area contributed by atoms with E-state index in [4.69, 9.17) is 16.9 Å². The molecule has 0 aliphatic heterocycles. The monoisotopic (exact) mass is 371 g/mol. The van der Waals surface area contributed by atoms with Crippen molar-refractivity contribution in [3.63, 3.8) is 0 Å². The van der Waals surface area contributed by atoms with E-state index in [2.05, 4.69) is 25.6 Å². The lowest BCUT2D eigenvalue weighted by Gasteiger charge is -2.09. The van der Waals surface area contributed by atoms with Gasteiger partial charge in [0.25, 0.3) is 10.0 Å². The second-order valence-corrected chi connectivity index (χ2v) is 6.78. The highest BCUT2D eigenvalue weighted by Gasteiger charge is 2.17. The van der Waals surface area contributed by atoms with Crippen LogP contribution >= 0.6 is 27.5 Å². The molecule has 0 amide bonds. The predicted molar refractivity (Wildman–Crippen MR) is 78.9 cm³/mol. The average Bonchev–Trinajstić information content (AvgIpc) is 2.38. The fourth-order valence-electron chi connectivity index (χ4n) is 1.44. The molecule has 0 saturated heterocycles. The lowest BCUT2D eigenvalue weighted by molar-refractivity contribution is 0.600. The Morgan fingerprint density at radius 1 is 1.30 bits per heavy atom. The van der Waals surface area contributed by atoms with Crippen LogP contribution in [0.2, 0.25) is 5.02 Å². The van der Waals surface area contributed by atoms with Crippen LogP contribution in [0.15, 0.2) is 46.0 Å². The molecule has 0 aliphatic rings. The molecular formula is C12H7BrClN3O2S. The van der Waals surface area contributed by atoms with Crippen LogP contribution in [0.5, 0.6) is 0 Å². The number of rotatable bonds is 3. The van der Waals surface area contributed by atoms with Crippen LogP contribution in [-0.4, -0.2) is 13.4 Å². The van der Waals surface area contributed by atoms with Gasteiger partial charge in [-0.05, 0) is 40.2 Å². The van der Waals surface area contributed by atoms with Crippen molar-refractivity contribution in [1.29, 1.82) is 5.26 Å². The third kappa shape index (κ3) is 3.28. The van der Waals surface area contributed by atoms with Gasteiger partial charge in [0.1, 0.15) is 11.0 Å². The largest absolute Gasteiger partial charge is 0.278 e. The average molecular weight is 373 g/mol. The van der Waals surface area contributed by atoms with E-state index in [1.807, 2.05) is 6.07 Å². The maximum absolute atomic E-state index is 12.2. The molecule has 0 fully saturated rings. The first-order valence-corrected chi connectivity index (χ1v) is 7.91. The van der Waals surface area contributed by atoms with Crippen molar-refractivity contribution in [3.8, 4) is 6.07 Å². The fourth-order valence-corrected chi connectivity index (χ4v) is 3.19. The maximum atomic E-state index is 12.2. The van der Waals surface area contributed by atoms with Crippen molar-refractivity contribution < 1.29 is 8.42 Å². The summed E-state index contributed by atoms with van der Waals surface area (Å²) in [6.45, 7) is 0. The number of nitriles is 1. The van der Waals surface area contributed by atoms with Crippen LogP contribution in [0, 0.1) is 11.3 Å². The molecule has 0 radical (unpaired) electrons. The first kappa shape index (κ1) is 14.8. The lowest BCUT2D eigenvalue weighted by Crippen LogP contribution is -2.14. The molecule has 102 valence electrons. The molecule has 8 heteroatoms. The van der Waals surface area contributed by atoms with Crippen molar-refractivity contribution in [2.24, 2.45) is 0 Å². The number of halogens is 2. The molecule has 0 spiro atoms. The Kier molecular flexibility index (Phi) is 4.28. The van der Waals surface area contributed by atoms with E-state index >= 15 is 0 Å². The number of benzene rings is 1. The number of aromatic nitrogens is 1. The summed E-state index contributed by atoms with van der Waals surface area (Å²) in [5, 5.41) is 9.30. The third-order valence-electron chi connectivity index (χ3n) is 2.34. The zero-order valence-corrected chi connectivity index (χ0v) is 13.0. The van der Waals surface area contributed by atoms with Gasteiger partial charge >= 0.3 is 0 Å². The van der Waals surface area contributed by atoms with Gasteiger partial charge in [-0.1, -0.05) is 11.6 Å². The molecule has 0 bridgehead atoms. The third-order valence-corrected chi connectivity index (χ3v) is 4.34. The number of hydrogen-bond donors (Lipinski definition) is 1. The minimum Gasteiger partial charge on any atom is -0.278 e. The summed E-state index contributed by atoms with van der Waals surface area (Å²) < 4.78 is 27.3. The van der Waals surface area contributed by atoms with E-state index < -0.39 is 10.0 Å². The first-order chi connectivity index (χ1) is 9.42. The summed E-state index contributed by atoms with van der Waals surface area (Å²) in [5.74, 6) is 0. The van der Waals surface area contributed by atoms with Crippen LogP contribution in [0.4, 0.5) is 5.69 Å². The molecule has 2 rings (SSSR count). The number of pyridine rings is 1. The summed E-state index contributed by atoms with van der Waals surface area (Å²) in [6.07, 6.45) is 2.68. The van der Waals surface area contributed by atoms with Crippen molar-refractivity contribution in [2.45, 2.75) is 4.90 Å². The summed E-state index contributed by atoms with van der Waals surface area (Å²) in [7, 11) is -3.84. The predicted octanol–water partition coefficient (Wildman–Crippen LogP) is 3.17. The number of nitrogens with one attached hydrogen (secondary N) is 1. The van der Waals surface area contributed by atoms with Gasteiger partial charge in [-0.3, -0.25) is 9.71 Å². The highest BCUT2D eigenvalue weighted by atomic mass is 79.9. The minimum atomic E-state index is -3.84. The van der Waals surface area contributed by atoms with Gasteiger partial charge < -0.3 is 0 Å². The Bertz CT molecular complexity index is 803. The second-order valence-electron chi connectivity index (χ2n) is 3.75. The van der Waals surface area contributed by atoms with Crippen molar-refractivity contribution in [2.75, 3.05) is 4.72 Å². The topological polar surface area (TPSA) is 82.9 Å². The fraction of sp³-hybridized carbons (Fsp3) is 0. The van der Waals surface area contributed by atoms with Crippen LogP contribution in [0.3, 0.4) is 0 Å². The summed E-state index contributed by atoms with van der Waals surface area (Å²) >= 11 is 8.96. The van der Waals surface area contributed by atoms with Crippen LogP contribution in [0.25, 0.3) is 0 Å². The van der Waals surface area contributed by atoms with Crippen LogP contribution in [-0.2, 0) is 10.0 Å². The molecular weight excluding hydrogens is 366 g/mol. The molecule has 1 heterocycles. The number of nitrogens with zero attached hydrogens (tertiary/aromatic N) is 2. The quantitative estimate of drug-likeness (QED) is 0.897. The molecule has 2 aromatic rings. The molecule has 0 unspecified atom stereocenters. The normalized spacial score (nSPS) is 10.8. The molecule has 20 heavy (non-hydrogen) atoms. The Hall–Kier alpha value is -1.62. The molecule has 1 aromatic carbocycles. The van der Waals surface area contributed by atoms with Crippen molar-refractivity contribution in [1.82, 2.24) is 4.98 Å². The van der Waals surface area contributed by atoms with E-state index in [9.17, 15) is 8.42 Å². The number of hydrogen-bond acceptors (Lipinski definition) is 4. The van der Waals surface area contributed by atoms with Crippen LogP contribution in [0.1, 0.15) is 5.56 Å². The smallest absolute Gasteiger partial charge is 0.263 e.